The number of carboxylic acid groups (broad SMARTS) is 2. The fourth-order valence-electron chi connectivity index (χ4n) is 2.03. The van der Waals surface area contributed by atoms with Crippen LogP contribution in [0.5, 0.6) is 0 Å². The van der Waals surface area contributed by atoms with Crippen LogP contribution in [0.1, 0.15) is 71.1 Å². The Balaban J connectivity index is 3.62. The molecule has 0 unspecified atom stereocenters. The molecule has 3 N–H and O–H groups in total. The van der Waals surface area contributed by atoms with E-state index in [1.54, 1.807) is 6.20 Å². The summed E-state index contributed by atoms with van der Waals surface area (Å²) in [6, 6.07) is -0.827. The van der Waals surface area contributed by atoms with Crippen LogP contribution >= 0.6 is 0 Å². The number of carboxylic acids is 2. The van der Waals surface area contributed by atoms with E-state index in [4.69, 9.17) is 10.2 Å². The molecule has 0 rings (SSSR count). The molecule has 0 saturated heterocycles. The summed E-state index contributed by atoms with van der Waals surface area (Å²) in [5, 5.41) is 20.2. The van der Waals surface area contributed by atoms with Crippen molar-refractivity contribution in [2.24, 2.45) is 0 Å². The molecule has 0 aliphatic heterocycles. The van der Waals surface area contributed by atoms with Gasteiger partial charge in [-0.1, -0.05) is 51.5 Å². The van der Waals surface area contributed by atoms with Crippen LogP contribution in [0.25, 0.3) is 0 Å². The van der Waals surface area contributed by atoms with E-state index in [2.05, 4.69) is 12.2 Å². The summed E-state index contributed by atoms with van der Waals surface area (Å²) in [5.41, 5.74) is 0. The number of hydrogen-bond donors (Lipinski definition) is 3. The molecule has 0 aromatic rings. The van der Waals surface area contributed by atoms with Crippen molar-refractivity contribution in [2.75, 3.05) is 0 Å². The molecule has 0 aliphatic carbocycles. The van der Waals surface area contributed by atoms with Crippen molar-refractivity contribution in [2.45, 2.75) is 77.2 Å². The van der Waals surface area contributed by atoms with Crippen LogP contribution < -0.4 is 5.32 Å². The lowest BCUT2D eigenvalue weighted by Gasteiger charge is -2.10. The smallest absolute Gasteiger partial charge is 0.326 e. The quantitative estimate of drug-likeness (QED) is 0.427. The predicted octanol–water partition coefficient (Wildman–Crippen LogP) is 3.55. The maximum atomic E-state index is 10.9. The van der Waals surface area contributed by atoms with Gasteiger partial charge in [-0.05, 0) is 25.5 Å². The molecule has 0 saturated carbocycles. The van der Waals surface area contributed by atoms with Gasteiger partial charge in [0.2, 0.25) is 0 Å². The van der Waals surface area contributed by atoms with Crippen LogP contribution in [0.4, 0.5) is 0 Å². The molecule has 0 aliphatic rings. The third-order valence-electron chi connectivity index (χ3n) is 3.33. The Bertz CT molecular complexity index is 315. The summed E-state index contributed by atoms with van der Waals surface area (Å²) in [6.45, 7) is 2.21. The van der Waals surface area contributed by atoms with E-state index in [9.17, 15) is 9.59 Å². The van der Waals surface area contributed by atoms with Gasteiger partial charge in [0.05, 0.1) is 0 Å². The van der Waals surface area contributed by atoms with Gasteiger partial charge in [-0.25, -0.2) is 4.79 Å². The Hall–Kier alpha value is -1.52. The SMILES string of the molecule is CCCCCCCCCC=CN[C@@H](CCC(=O)O)C(=O)O. The summed E-state index contributed by atoms with van der Waals surface area (Å²) in [5.74, 6) is -1.99. The van der Waals surface area contributed by atoms with Crippen LogP contribution in [0.2, 0.25) is 0 Å². The minimum Gasteiger partial charge on any atom is -0.481 e. The lowest BCUT2D eigenvalue weighted by Crippen LogP contribution is -2.33. The molecule has 0 radical (unpaired) electrons. The zero-order valence-electron chi connectivity index (χ0n) is 13.0. The average Bonchev–Trinajstić information content (AvgIpc) is 2.43. The van der Waals surface area contributed by atoms with Crippen LogP contribution in [0.3, 0.4) is 0 Å². The number of allylic oxidation sites excluding steroid dienone is 1. The summed E-state index contributed by atoms with van der Waals surface area (Å²) in [7, 11) is 0. The standard InChI is InChI=1S/C16H29NO4/c1-2-3-4-5-6-7-8-9-10-13-17-14(16(20)21)11-12-15(18)19/h10,13-14,17H,2-9,11-12H2,1H3,(H,18,19)(H,20,21)/t14-/m0/s1. The topological polar surface area (TPSA) is 86.6 Å². The van der Waals surface area contributed by atoms with E-state index >= 15 is 0 Å². The Labute approximate surface area is 127 Å². The molecular weight excluding hydrogens is 270 g/mol. The zero-order chi connectivity index (χ0) is 15.9. The monoisotopic (exact) mass is 299 g/mol. The number of hydrogen-bond acceptors (Lipinski definition) is 3. The average molecular weight is 299 g/mol. The second-order valence-corrected chi connectivity index (χ2v) is 5.30. The highest BCUT2D eigenvalue weighted by molar-refractivity contribution is 5.75. The number of rotatable bonds is 14. The molecule has 0 bridgehead atoms. The van der Waals surface area contributed by atoms with Crippen molar-refractivity contribution in [3.63, 3.8) is 0 Å². The minimum atomic E-state index is -1.02. The Kier molecular flexibility index (Phi) is 12.5. The first-order valence-corrected chi connectivity index (χ1v) is 7.93. The van der Waals surface area contributed by atoms with Crippen molar-refractivity contribution in [1.82, 2.24) is 5.32 Å². The zero-order valence-corrected chi connectivity index (χ0v) is 13.0. The normalized spacial score (nSPS) is 12.4. The number of unbranched alkanes of at least 4 members (excludes halogenated alkanes) is 7. The molecule has 0 spiro atoms. The fraction of sp³-hybridized carbons (Fsp3) is 0.750. The van der Waals surface area contributed by atoms with E-state index in [0.29, 0.717) is 0 Å². The van der Waals surface area contributed by atoms with E-state index in [0.717, 1.165) is 12.8 Å². The Morgan fingerprint density at radius 2 is 1.67 bits per heavy atom. The van der Waals surface area contributed by atoms with Crippen LogP contribution in [0.15, 0.2) is 12.3 Å². The van der Waals surface area contributed by atoms with E-state index < -0.39 is 18.0 Å². The largest absolute Gasteiger partial charge is 0.481 e. The van der Waals surface area contributed by atoms with Gasteiger partial charge in [0.1, 0.15) is 6.04 Å². The Morgan fingerprint density at radius 3 is 2.24 bits per heavy atom. The van der Waals surface area contributed by atoms with Gasteiger partial charge in [0.15, 0.2) is 0 Å². The highest BCUT2D eigenvalue weighted by atomic mass is 16.4. The van der Waals surface area contributed by atoms with Crippen molar-refractivity contribution in [3.8, 4) is 0 Å². The van der Waals surface area contributed by atoms with E-state index in [-0.39, 0.29) is 12.8 Å². The number of nitrogens with one attached hydrogen (secondary N) is 1. The Morgan fingerprint density at radius 1 is 1.05 bits per heavy atom. The first-order chi connectivity index (χ1) is 10.1. The lowest BCUT2D eigenvalue weighted by molar-refractivity contribution is -0.140. The van der Waals surface area contributed by atoms with Gasteiger partial charge < -0.3 is 15.5 Å². The van der Waals surface area contributed by atoms with Gasteiger partial charge in [0, 0.05) is 6.42 Å². The summed E-state index contributed by atoms with van der Waals surface area (Å²) < 4.78 is 0. The van der Waals surface area contributed by atoms with Crippen LogP contribution in [-0.2, 0) is 9.59 Å². The maximum absolute atomic E-state index is 10.9. The second-order valence-electron chi connectivity index (χ2n) is 5.30. The molecule has 0 aromatic heterocycles. The molecule has 5 heteroatoms. The van der Waals surface area contributed by atoms with Crippen LogP contribution in [0, 0.1) is 0 Å². The van der Waals surface area contributed by atoms with Gasteiger partial charge in [-0.3, -0.25) is 4.79 Å². The third kappa shape index (κ3) is 13.2. The third-order valence-corrected chi connectivity index (χ3v) is 3.33. The molecule has 0 fully saturated rings. The maximum Gasteiger partial charge on any atom is 0.326 e. The molecular formula is C16H29NO4. The van der Waals surface area contributed by atoms with Gasteiger partial charge in [-0.2, -0.15) is 0 Å². The van der Waals surface area contributed by atoms with Crippen molar-refractivity contribution < 1.29 is 19.8 Å². The van der Waals surface area contributed by atoms with E-state index in [1.165, 1.54) is 38.5 Å². The molecule has 122 valence electrons. The predicted molar refractivity (Wildman–Crippen MR) is 83.2 cm³/mol. The van der Waals surface area contributed by atoms with Gasteiger partial charge in [0.25, 0.3) is 0 Å². The van der Waals surface area contributed by atoms with E-state index in [1.807, 2.05) is 6.08 Å². The van der Waals surface area contributed by atoms with Crippen LogP contribution in [-0.4, -0.2) is 28.2 Å². The fourth-order valence-corrected chi connectivity index (χ4v) is 2.03. The second kappa shape index (κ2) is 13.5. The summed E-state index contributed by atoms with van der Waals surface area (Å²) in [6.07, 6.45) is 13.2. The molecule has 5 nitrogen and oxygen atoms in total. The highest BCUT2D eigenvalue weighted by Crippen LogP contribution is 2.08. The van der Waals surface area contributed by atoms with Crippen molar-refractivity contribution >= 4 is 11.9 Å². The first-order valence-electron chi connectivity index (χ1n) is 7.93. The van der Waals surface area contributed by atoms with Crippen molar-refractivity contribution in [3.05, 3.63) is 12.3 Å². The molecule has 0 aromatic carbocycles. The van der Waals surface area contributed by atoms with Gasteiger partial charge in [-0.15, -0.1) is 0 Å². The van der Waals surface area contributed by atoms with Crippen molar-refractivity contribution in [1.29, 1.82) is 0 Å². The van der Waals surface area contributed by atoms with Gasteiger partial charge >= 0.3 is 11.9 Å². The number of aliphatic carboxylic acids is 2. The number of carbonyl (C=O) groups is 2. The highest BCUT2D eigenvalue weighted by Gasteiger charge is 2.16. The summed E-state index contributed by atoms with van der Waals surface area (Å²) in [4.78, 5) is 21.3. The molecule has 1 atom stereocenters. The lowest BCUT2D eigenvalue weighted by atomic mass is 10.1. The molecule has 21 heavy (non-hydrogen) atoms. The summed E-state index contributed by atoms with van der Waals surface area (Å²) >= 11 is 0. The minimum absolute atomic E-state index is 0.0897. The first kappa shape index (κ1) is 19.5. The molecule has 0 heterocycles. The molecule has 0 amide bonds.